The highest BCUT2D eigenvalue weighted by Crippen LogP contribution is 2.36. The summed E-state index contributed by atoms with van der Waals surface area (Å²) in [7, 11) is 0. The Morgan fingerprint density at radius 1 is 1.16 bits per heavy atom. The van der Waals surface area contributed by atoms with Crippen molar-refractivity contribution in [2.75, 3.05) is 0 Å². The monoisotopic (exact) mass is 315 g/mol. The number of nitrogen functional groups attached to an aromatic ring is 1. The van der Waals surface area contributed by atoms with Crippen LogP contribution in [0.25, 0.3) is 0 Å². The molecule has 0 saturated heterocycles. The van der Waals surface area contributed by atoms with Gasteiger partial charge in [-0.25, -0.2) is 4.98 Å². The number of hydrogen-bond donors (Lipinski definition) is 2. The first-order valence-corrected chi connectivity index (χ1v) is 6.25. The first kappa shape index (κ1) is 13.9. The quantitative estimate of drug-likeness (QED) is 0.661. The zero-order valence-corrected chi connectivity index (χ0v) is 11.7. The molecule has 7 heteroatoms. The van der Waals surface area contributed by atoms with Gasteiger partial charge in [-0.1, -0.05) is 40.9 Å². The number of pyridine rings is 1. The molecule has 0 radical (unpaired) electrons. The molecule has 4 nitrogen and oxygen atoms in total. The summed E-state index contributed by atoms with van der Waals surface area (Å²) in [4.78, 5) is 3.98. The van der Waals surface area contributed by atoms with Gasteiger partial charge in [0.25, 0.3) is 0 Å². The van der Waals surface area contributed by atoms with Gasteiger partial charge in [0.1, 0.15) is 21.6 Å². The van der Waals surface area contributed by atoms with Crippen molar-refractivity contribution >= 4 is 40.6 Å². The minimum absolute atomic E-state index is 0.110. The molecule has 0 atom stereocenters. The number of benzene rings is 1. The van der Waals surface area contributed by atoms with Crippen LogP contribution in [0.5, 0.6) is 11.6 Å². The Hall–Kier alpha value is -1.49. The van der Waals surface area contributed by atoms with Gasteiger partial charge in [-0.2, -0.15) is 0 Å². The Bertz CT molecular complexity index is 646. The fraction of sp³-hybridized carbons (Fsp3) is 0. The van der Waals surface area contributed by atoms with Crippen LogP contribution in [0.4, 0.5) is 0 Å². The number of nitrogens with two attached hydrogens (primary N) is 1. The first-order chi connectivity index (χ1) is 9.00. The normalized spacial score (nSPS) is 10.3. The molecule has 1 aromatic heterocycles. The summed E-state index contributed by atoms with van der Waals surface area (Å²) in [5.74, 6) is 0.261. The van der Waals surface area contributed by atoms with Gasteiger partial charge in [-0.05, 0) is 18.2 Å². The van der Waals surface area contributed by atoms with Crippen molar-refractivity contribution in [1.82, 2.24) is 4.98 Å². The van der Waals surface area contributed by atoms with Crippen molar-refractivity contribution in [3.8, 4) is 11.6 Å². The summed E-state index contributed by atoms with van der Waals surface area (Å²) in [6, 6.07) is 6.48. The zero-order valence-electron chi connectivity index (χ0n) is 9.45. The van der Waals surface area contributed by atoms with Gasteiger partial charge in [0.15, 0.2) is 0 Å². The van der Waals surface area contributed by atoms with Gasteiger partial charge in [-0.15, -0.1) is 0 Å². The maximum Gasteiger partial charge on any atom is 0.238 e. The molecule has 1 heterocycles. The average Bonchev–Trinajstić information content (AvgIpc) is 2.37. The summed E-state index contributed by atoms with van der Waals surface area (Å²) in [6.07, 6.45) is 1.44. The highest BCUT2D eigenvalue weighted by atomic mass is 35.5. The van der Waals surface area contributed by atoms with Gasteiger partial charge in [0.05, 0.1) is 5.02 Å². The summed E-state index contributed by atoms with van der Waals surface area (Å²) >= 11 is 17.9. The molecule has 3 N–H and O–H groups in total. The van der Waals surface area contributed by atoms with E-state index in [-0.39, 0.29) is 21.8 Å². The lowest BCUT2D eigenvalue weighted by Gasteiger charge is -2.10. The van der Waals surface area contributed by atoms with Crippen molar-refractivity contribution < 1.29 is 4.74 Å². The van der Waals surface area contributed by atoms with Crippen molar-refractivity contribution in [2.45, 2.75) is 0 Å². The number of rotatable bonds is 3. The third-order valence-corrected chi connectivity index (χ3v) is 3.44. The number of nitrogens with zero attached hydrogens (tertiary/aromatic N) is 1. The maximum atomic E-state index is 7.39. The number of hydrogen-bond acceptors (Lipinski definition) is 3. The lowest BCUT2D eigenvalue weighted by molar-refractivity contribution is 0.463. The number of amidine groups is 1. The molecule has 98 valence electrons. The molecule has 2 rings (SSSR count). The van der Waals surface area contributed by atoms with E-state index in [2.05, 4.69) is 4.98 Å². The molecule has 0 bridgehead atoms. The fourth-order valence-corrected chi connectivity index (χ4v) is 1.95. The number of ether oxygens (including phenoxy) is 1. The summed E-state index contributed by atoms with van der Waals surface area (Å²) in [6.45, 7) is 0. The van der Waals surface area contributed by atoms with Crippen molar-refractivity contribution in [3.05, 3.63) is 51.1 Å². The Labute approximate surface area is 124 Å². The summed E-state index contributed by atoms with van der Waals surface area (Å²) < 4.78 is 5.50. The van der Waals surface area contributed by atoms with Crippen LogP contribution in [-0.4, -0.2) is 10.8 Å². The Morgan fingerprint density at radius 2 is 1.89 bits per heavy atom. The third-order valence-electron chi connectivity index (χ3n) is 2.27. The lowest BCUT2D eigenvalue weighted by Crippen LogP contribution is -2.12. The van der Waals surface area contributed by atoms with Gasteiger partial charge in [0, 0.05) is 11.8 Å². The maximum absolute atomic E-state index is 7.39. The van der Waals surface area contributed by atoms with Crippen LogP contribution in [0.1, 0.15) is 5.56 Å². The highest BCUT2D eigenvalue weighted by Gasteiger charge is 2.14. The summed E-state index contributed by atoms with van der Waals surface area (Å²) in [5, 5.41) is 8.16. The molecule has 2 aromatic rings. The molecular weight excluding hydrogens is 309 g/mol. The molecule has 0 aliphatic heterocycles. The van der Waals surface area contributed by atoms with E-state index in [0.717, 1.165) is 0 Å². The Morgan fingerprint density at radius 3 is 2.58 bits per heavy atom. The van der Waals surface area contributed by atoms with E-state index in [9.17, 15) is 0 Å². The van der Waals surface area contributed by atoms with Crippen LogP contribution in [0.2, 0.25) is 15.1 Å². The molecule has 0 aliphatic rings. The lowest BCUT2D eigenvalue weighted by atomic mass is 10.2. The molecule has 0 saturated carbocycles. The van der Waals surface area contributed by atoms with Crippen molar-refractivity contribution in [3.63, 3.8) is 0 Å². The number of aromatic nitrogens is 1. The standard InChI is InChI=1S/C12H8Cl3N3O/c13-7-2-1-3-8(10(7)15)19-12-9(14)6(11(16)17)4-5-18-12/h1-5H,(H3,16,17). The zero-order chi connectivity index (χ0) is 14.0. The predicted octanol–water partition coefficient (Wildman–Crippen LogP) is 4.12. The molecule has 19 heavy (non-hydrogen) atoms. The SMILES string of the molecule is N=C(N)c1ccnc(Oc2cccc(Cl)c2Cl)c1Cl. The fourth-order valence-electron chi connectivity index (χ4n) is 1.37. The first-order valence-electron chi connectivity index (χ1n) is 5.11. The van der Waals surface area contributed by atoms with Crippen LogP contribution in [0.15, 0.2) is 30.5 Å². The van der Waals surface area contributed by atoms with Crippen LogP contribution >= 0.6 is 34.8 Å². The van der Waals surface area contributed by atoms with Gasteiger partial charge < -0.3 is 10.5 Å². The van der Waals surface area contributed by atoms with Gasteiger partial charge in [0.2, 0.25) is 5.88 Å². The topological polar surface area (TPSA) is 72.0 Å². The molecule has 0 unspecified atom stereocenters. The predicted molar refractivity (Wildman–Crippen MR) is 76.8 cm³/mol. The Kier molecular flexibility index (Phi) is 4.14. The molecule has 0 spiro atoms. The van der Waals surface area contributed by atoms with Gasteiger partial charge in [-0.3, -0.25) is 5.41 Å². The van der Waals surface area contributed by atoms with Crippen LogP contribution in [0.3, 0.4) is 0 Å². The molecule has 0 aliphatic carbocycles. The van der Waals surface area contributed by atoms with Crippen molar-refractivity contribution in [2.24, 2.45) is 5.73 Å². The van der Waals surface area contributed by atoms with E-state index in [1.54, 1.807) is 18.2 Å². The van der Waals surface area contributed by atoms with Gasteiger partial charge >= 0.3 is 0 Å². The minimum atomic E-state index is -0.172. The van der Waals surface area contributed by atoms with E-state index < -0.39 is 0 Å². The third kappa shape index (κ3) is 2.92. The van der Waals surface area contributed by atoms with Crippen LogP contribution in [0, 0.1) is 5.41 Å². The second-order valence-corrected chi connectivity index (χ2v) is 4.71. The van der Waals surface area contributed by atoms with E-state index >= 15 is 0 Å². The van der Waals surface area contributed by atoms with E-state index in [0.29, 0.717) is 16.3 Å². The van der Waals surface area contributed by atoms with E-state index in [4.69, 9.17) is 50.7 Å². The highest BCUT2D eigenvalue weighted by molar-refractivity contribution is 6.43. The second kappa shape index (κ2) is 5.65. The number of nitrogens with one attached hydrogen (secondary N) is 1. The van der Waals surface area contributed by atoms with E-state index in [1.165, 1.54) is 12.3 Å². The molecule has 1 aromatic carbocycles. The number of halogens is 3. The van der Waals surface area contributed by atoms with Crippen LogP contribution < -0.4 is 10.5 Å². The second-order valence-electron chi connectivity index (χ2n) is 3.55. The van der Waals surface area contributed by atoms with E-state index in [1.807, 2.05) is 0 Å². The Balaban J connectivity index is 2.42. The smallest absolute Gasteiger partial charge is 0.238 e. The van der Waals surface area contributed by atoms with Crippen LogP contribution in [-0.2, 0) is 0 Å². The molecule has 0 fully saturated rings. The average molecular weight is 317 g/mol. The largest absolute Gasteiger partial charge is 0.436 e. The summed E-state index contributed by atoms with van der Waals surface area (Å²) in [5.41, 5.74) is 5.74. The minimum Gasteiger partial charge on any atom is -0.436 e. The molecule has 0 amide bonds. The molecular formula is C12H8Cl3N3O. The van der Waals surface area contributed by atoms with Crippen molar-refractivity contribution in [1.29, 1.82) is 5.41 Å².